The van der Waals surface area contributed by atoms with Crippen LogP contribution in [0.15, 0.2) is 18.2 Å². The highest BCUT2D eigenvalue weighted by Gasteiger charge is 2.26. The molecule has 0 radical (unpaired) electrons. The van der Waals surface area contributed by atoms with Gasteiger partial charge in [-0.15, -0.1) is 12.4 Å². The van der Waals surface area contributed by atoms with Crippen molar-refractivity contribution in [3.05, 3.63) is 29.3 Å². The largest absolute Gasteiger partial charge is 0.327 e. The topological polar surface area (TPSA) is 55.1 Å². The summed E-state index contributed by atoms with van der Waals surface area (Å²) in [5.74, 6) is 0.459. The summed E-state index contributed by atoms with van der Waals surface area (Å²) in [5, 5.41) is 3.08. The Bertz CT molecular complexity index is 462. The highest BCUT2D eigenvalue weighted by atomic mass is 35.5. The minimum Gasteiger partial charge on any atom is -0.327 e. The second kappa shape index (κ2) is 7.65. The fourth-order valence-electron chi connectivity index (χ4n) is 2.95. The average molecular weight is 297 g/mol. The lowest BCUT2D eigenvalue weighted by Crippen LogP contribution is -2.28. The third-order valence-corrected chi connectivity index (χ3v) is 4.17. The molecule has 3 N–H and O–H groups in total. The number of benzene rings is 1. The normalized spacial score (nSPS) is 21.4. The van der Waals surface area contributed by atoms with Crippen LogP contribution in [0, 0.1) is 12.8 Å². The van der Waals surface area contributed by atoms with Crippen molar-refractivity contribution in [2.45, 2.75) is 52.0 Å². The lowest BCUT2D eigenvalue weighted by molar-refractivity contribution is -0.117. The van der Waals surface area contributed by atoms with E-state index < -0.39 is 0 Å². The molecule has 1 aromatic carbocycles. The van der Waals surface area contributed by atoms with Crippen LogP contribution in [0.4, 0.5) is 5.69 Å². The summed E-state index contributed by atoms with van der Waals surface area (Å²) < 4.78 is 0. The molecule has 4 heteroatoms. The number of aryl methyl sites for hydroxylation is 2. The van der Waals surface area contributed by atoms with Crippen molar-refractivity contribution in [1.29, 1.82) is 0 Å². The fourth-order valence-corrected chi connectivity index (χ4v) is 2.95. The maximum atomic E-state index is 12.2. The maximum Gasteiger partial charge on any atom is 0.224 e. The number of halogens is 1. The summed E-state index contributed by atoms with van der Waals surface area (Å²) in [4.78, 5) is 12.2. The zero-order valence-electron chi connectivity index (χ0n) is 12.3. The van der Waals surface area contributed by atoms with Crippen molar-refractivity contribution in [2.75, 3.05) is 5.32 Å². The number of nitrogens with one attached hydrogen (secondary N) is 1. The van der Waals surface area contributed by atoms with E-state index in [0.29, 0.717) is 12.3 Å². The van der Waals surface area contributed by atoms with E-state index in [2.05, 4.69) is 18.3 Å². The first-order valence-corrected chi connectivity index (χ1v) is 7.25. The molecular formula is C16H25ClN2O. The molecule has 1 fully saturated rings. The van der Waals surface area contributed by atoms with Crippen LogP contribution in [-0.4, -0.2) is 11.9 Å². The Morgan fingerprint density at radius 3 is 2.75 bits per heavy atom. The van der Waals surface area contributed by atoms with Gasteiger partial charge in [0.15, 0.2) is 0 Å². The van der Waals surface area contributed by atoms with Crippen LogP contribution in [0.1, 0.15) is 43.7 Å². The van der Waals surface area contributed by atoms with Crippen LogP contribution in [0.5, 0.6) is 0 Å². The zero-order valence-corrected chi connectivity index (χ0v) is 13.1. The summed E-state index contributed by atoms with van der Waals surface area (Å²) in [7, 11) is 0. The molecule has 20 heavy (non-hydrogen) atoms. The molecule has 1 aliphatic carbocycles. The van der Waals surface area contributed by atoms with Gasteiger partial charge in [0.2, 0.25) is 5.91 Å². The first kappa shape index (κ1) is 17.0. The molecule has 0 aliphatic heterocycles. The Morgan fingerprint density at radius 2 is 2.15 bits per heavy atom. The Labute approximate surface area is 127 Å². The number of carbonyl (C=O) groups is 1. The Hall–Kier alpha value is -1.06. The smallest absolute Gasteiger partial charge is 0.224 e. The van der Waals surface area contributed by atoms with Crippen LogP contribution in [-0.2, 0) is 11.2 Å². The lowest BCUT2D eigenvalue weighted by atomic mass is 9.99. The number of hydrogen-bond acceptors (Lipinski definition) is 2. The van der Waals surface area contributed by atoms with Crippen LogP contribution in [0.25, 0.3) is 0 Å². The summed E-state index contributed by atoms with van der Waals surface area (Å²) >= 11 is 0. The van der Waals surface area contributed by atoms with Crippen LogP contribution >= 0.6 is 12.4 Å². The molecule has 2 rings (SSSR count). The van der Waals surface area contributed by atoms with E-state index in [9.17, 15) is 4.79 Å². The second-order valence-corrected chi connectivity index (χ2v) is 5.57. The van der Waals surface area contributed by atoms with Crippen molar-refractivity contribution in [3.63, 3.8) is 0 Å². The number of nitrogens with two attached hydrogens (primary N) is 1. The van der Waals surface area contributed by atoms with E-state index in [4.69, 9.17) is 5.73 Å². The summed E-state index contributed by atoms with van der Waals surface area (Å²) in [6.07, 6.45) is 4.79. The molecule has 112 valence electrons. The molecule has 0 saturated heterocycles. The molecule has 0 heterocycles. The van der Waals surface area contributed by atoms with Crippen LogP contribution in [0.2, 0.25) is 0 Å². The molecule has 1 saturated carbocycles. The standard InChI is InChI=1S/C16H24N2O.ClH/c1-3-12-7-4-6-11(2)16(12)18-15(19)10-13-8-5-9-14(13)17;/h4,6-7,13-14H,3,5,8-10,17H2,1-2H3,(H,18,19);1H/t13-,14+;/m0./s1. The molecular weight excluding hydrogens is 272 g/mol. The van der Waals surface area contributed by atoms with Gasteiger partial charge in [-0.25, -0.2) is 0 Å². The van der Waals surface area contributed by atoms with Gasteiger partial charge in [0.1, 0.15) is 0 Å². The van der Waals surface area contributed by atoms with Crippen molar-refractivity contribution >= 4 is 24.0 Å². The van der Waals surface area contributed by atoms with E-state index in [1.807, 2.05) is 19.1 Å². The van der Waals surface area contributed by atoms with Gasteiger partial charge in [-0.2, -0.15) is 0 Å². The van der Waals surface area contributed by atoms with E-state index in [-0.39, 0.29) is 24.4 Å². The molecule has 2 atom stereocenters. The molecule has 0 unspecified atom stereocenters. The van der Waals surface area contributed by atoms with E-state index in [1.54, 1.807) is 0 Å². The number of carbonyl (C=O) groups excluding carboxylic acids is 1. The summed E-state index contributed by atoms with van der Waals surface area (Å²) in [5.41, 5.74) is 9.34. The van der Waals surface area contributed by atoms with Crippen molar-refractivity contribution in [2.24, 2.45) is 11.7 Å². The molecule has 1 aliphatic rings. The van der Waals surface area contributed by atoms with E-state index in [0.717, 1.165) is 36.9 Å². The SMILES string of the molecule is CCc1cccc(C)c1NC(=O)C[C@@H]1CCC[C@H]1N.Cl. The number of rotatable bonds is 4. The van der Waals surface area contributed by atoms with Gasteiger partial charge in [-0.1, -0.05) is 31.5 Å². The predicted molar refractivity (Wildman–Crippen MR) is 86.4 cm³/mol. The molecule has 3 nitrogen and oxygen atoms in total. The Kier molecular flexibility index (Phi) is 6.50. The quantitative estimate of drug-likeness (QED) is 0.894. The Balaban J connectivity index is 0.00000200. The molecule has 0 bridgehead atoms. The van der Waals surface area contributed by atoms with Crippen molar-refractivity contribution in [3.8, 4) is 0 Å². The third kappa shape index (κ3) is 3.97. The van der Waals surface area contributed by atoms with Gasteiger partial charge in [0.05, 0.1) is 0 Å². The number of anilines is 1. The van der Waals surface area contributed by atoms with Gasteiger partial charge in [0, 0.05) is 18.2 Å². The summed E-state index contributed by atoms with van der Waals surface area (Å²) in [6.45, 7) is 4.15. The molecule has 1 aromatic rings. The Morgan fingerprint density at radius 1 is 1.40 bits per heavy atom. The fraction of sp³-hybridized carbons (Fsp3) is 0.562. The highest BCUT2D eigenvalue weighted by Crippen LogP contribution is 2.28. The number of amides is 1. The molecule has 0 spiro atoms. The average Bonchev–Trinajstić information content (AvgIpc) is 2.77. The lowest BCUT2D eigenvalue weighted by Gasteiger charge is -2.17. The minimum atomic E-state index is 0. The number of hydrogen-bond donors (Lipinski definition) is 2. The van der Waals surface area contributed by atoms with Crippen LogP contribution < -0.4 is 11.1 Å². The van der Waals surface area contributed by atoms with Crippen LogP contribution in [0.3, 0.4) is 0 Å². The van der Waals surface area contributed by atoms with Crippen molar-refractivity contribution in [1.82, 2.24) is 0 Å². The zero-order chi connectivity index (χ0) is 13.8. The van der Waals surface area contributed by atoms with Crippen molar-refractivity contribution < 1.29 is 4.79 Å². The van der Waals surface area contributed by atoms with Gasteiger partial charge in [0.25, 0.3) is 0 Å². The summed E-state index contributed by atoms with van der Waals surface area (Å²) in [6, 6.07) is 6.35. The first-order chi connectivity index (χ1) is 9.11. The highest BCUT2D eigenvalue weighted by molar-refractivity contribution is 5.92. The van der Waals surface area contributed by atoms with Gasteiger partial charge in [-0.3, -0.25) is 4.79 Å². The maximum absolute atomic E-state index is 12.2. The third-order valence-electron chi connectivity index (χ3n) is 4.17. The minimum absolute atomic E-state index is 0. The second-order valence-electron chi connectivity index (χ2n) is 5.57. The predicted octanol–water partition coefficient (Wildman–Crippen LogP) is 3.44. The number of para-hydroxylation sites is 1. The molecule has 1 amide bonds. The monoisotopic (exact) mass is 296 g/mol. The van der Waals surface area contributed by atoms with E-state index >= 15 is 0 Å². The first-order valence-electron chi connectivity index (χ1n) is 7.25. The molecule has 0 aromatic heterocycles. The van der Waals surface area contributed by atoms with Gasteiger partial charge >= 0.3 is 0 Å². The van der Waals surface area contributed by atoms with Gasteiger partial charge < -0.3 is 11.1 Å². The van der Waals surface area contributed by atoms with Gasteiger partial charge in [-0.05, 0) is 43.2 Å². The van der Waals surface area contributed by atoms with E-state index in [1.165, 1.54) is 5.56 Å².